The molecule has 0 saturated heterocycles. The predicted molar refractivity (Wildman–Crippen MR) is 121 cm³/mol. The van der Waals surface area contributed by atoms with Crippen LogP contribution in [0.3, 0.4) is 0 Å². The Morgan fingerprint density at radius 3 is 2.17 bits per heavy atom. The third kappa shape index (κ3) is 4.67. The predicted octanol–water partition coefficient (Wildman–Crippen LogP) is 6.19. The minimum Gasteiger partial charge on any atom is -0.497 e. The molecule has 5 nitrogen and oxygen atoms in total. The number of fused-ring (bicyclic) bond motifs is 3. The molecule has 0 radical (unpaired) electrons. The van der Waals surface area contributed by atoms with E-state index in [1.54, 1.807) is 7.11 Å². The van der Waals surface area contributed by atoms with Crippen LogP contribution in [0.5, 0.6) is 5.75 Å². The monoisotopic (exact) mass is 406 g/mol. The van der Waals surface area contributed by atoms with Gasteiger partial charge in [-0.1, -0.05) is 56.6 Å². The second-order valence-electron chi connectivity index (χ2n) is 6.89. The largest absolute Gasteiger partial charge is 0.497 e. The molecule has 0 N–H and O–H groups in total. The summed E-state index contributed by atoms with van der Waals surface area (Å²) in [5.41, 5.74) is 6.28. The molecular weight excluding hydrogens is 376 g/mol. The molecule has 0 aliphatic carbocycles. The Bertz CT molecular complexity index is 974. The van der Waals surface area contributed by atoms with Crippen molar-refractivity contribution in [1.29, 1.82) is 0 Å². The molecule has 1 atom stereocenters. The SMILES string of the molecule is C=O.CCC.CC[C@@H]1N=C(c2ccc(OC)cc2)c2ccccc2-c2c(C)noc21. The van der Waals surface area contributed by atoms with E-state index in [9.17, 15) is 0 Å². The Balaban J connectivity index is 0.000000590. The zero-order valence-electron chi connectivity index (χ0n) is 18.4. The van der Waals surface area contributed by atoms with Crippen LogP contribution in [0.2, 0.25) is 0 Å². The van der Waals surface area contributed by atoms with E-state index in [-0.39, 0.29) is 6.04 Å². The Labute approximate surface area is 178 Å². The molecule has 5 heteroatoms. The Morgan fingerprint density at radius 2 is 1.60 bits per heavy atom. The molecule has 0 bridgehead atoms. The van der Waals surface area contributed by atoms with Gasteiger partial charge in [-0.05, 0) is 43.2 Å². The van der Waals surface area contributed by atoms with Crippen LogP contribution in [0.15, 0.2) is 58.0 Å². The van der Waals surface area contributed by atoms with Crippen LogP contribution >= 0.6 is 0 Å². The van der Waals surface area contributed by atoms with Crippen LogP contribution in [0.25, 0.3) is 11.1 Å². The van der Waals surface area contributed by atoms with E-state index in [1.807, 2.05) is 38.0 Å². The highest BCUT2D eigenvalue weighted by atomic mass is 16.5. The van der Waals surface area contributed by atoms with Gasteiger partial charge in [-0.25, -0.2) is 0 Å². The van der Waals surface area contributed by atoms with E-state index >= 15 is 0 Å². The van der Waals surface area contributed by atoms with Gasteiger partial charge in [0, 0.05) is 11.1 Å². The third-order valence-electron chi connectivity index (χ3n) is 4.68. The number of rotatable bonds is 3. The number of aliphatic imine (C=N–C) groups is 1. The van der Waals surface area contributed by atoms with Gasteiger partial charge in [0.1, 0.15) is 18.6 Å². The number of carbonyl (C=O) groups is 1. The number of benzene rings is 2. The number of aromatic nitrogens is 1. The van der Waals surface area contributed by atoms with Crippen molar-refractivity contribution in [2.24, 2.45) is 4.99 Å². The zero-order chi connectivity index (χ0) is 22.1. The Morgan fingerprint density at radius 1 is 1.00 bits per heavy atom. The highest BCUT2D eigenvalue weighted by Gasteiger charge is 2.29. The van der Waals surface area contributed by atoms with Gasteiger partial charge in [0.05, 0.1) is 24.1 Å². The zero-order valence-corrected chi connectivity index (χ0v) is 18.4. The molecule has 1 aromatic heterocycles. The van der Waals surface area contributed by atoms with Gasteiger partial charge in [0.2, 0.25) is 0 Å². The summed E-state index contributed by atoms with van der Waals surface area (Å²) in [6.45, 7) is 10.4. The maximum atomic E-state index is 8.00. The molecule has 3 aromatic rings. The minimum atomic E-state index is -0.0410. The fourth-order valence-corrected chi connectivity index (χ4v) is 3.39. The van der Waals surface area contributed by atoms with Crippen LogP contribution < -0.4 is 4.74 Å². The van der Waals surface area contributed by atoms with Crippen LogP contribution in [0.1, 0.15) is 62.2 Å². The lowest BCUT2D eigenvalue weighted by atomic mass is 9.93. The average molecular weight is 407 g/mol. The molecule has 1 aliphatic rings. The highest BCUT2D eigenvalue weighted by Crippen LogP contribution is 2.40. The van der Waals surface area contributed by atoms with Crippen molar-refractivity contribution < 1.29 is 14.1 Å². The summed E-state index contributed by atoms with van der Waals surface area (Å²) >= 11 is 0. The molecular formula is C25H30N2O3. The molecule has 1 aliphatic heterocycles. The van der Waals surface area contributed by atoms with Crippen molar-refractivity contribution in [3.8, 4) is 16.9 Å². The number of hydrogen-bond acceptors (Lipinski definition) is 5. The summed E-state index contributed by atoms with van der Waals surface area (Å²) in [6.07, 6.45) is 2.11. The first kappa shape index (κ1) is 23.1. The summed E-state index contributed by atoms with van der Waals surface area (Å²) in [6, 6.07) is 16.3. The molecule has 30 heavy (non-hydrogen) atoms. The van der Waals surface area contributed by atoms with Gasteiger partial charge in [-0.2, -0.15) is 0 Å². The number of carbonyl (C=O) groups excluding carboxylic acids is 1. The van der Waals surface area contributed by atoms with E-state index in [4.69, 9.17) is 19.0 Å². The van der Waals surface area contributed by atoms with Gasteiger partial charge in [-0.15, -0.1) is 0 Å². The molecule has 0 fully saturated rings. The Hall–Kier alpha value is -3.21. The summed E-state index contributed by atoms with van der Waals surface area (Å²) in [5.74, 6) is 1.70. The fraction of sp³-hybridized carbons (Fsp3) is 0.320. The van der Waals surface area contributed by atoms with Crippen molar-refractivity contribution in [3.05, 3.63) is 71.1 Å². The highest BCUT2D eigenvalue weighted by molar-refractivity contribution is 6.17. The number of hydrogen-bond donors (Lipinski definition) is 0. The van der Waals surface area contributed by atoms with Crippen LogP contribution in [-0.4, -0.2) is 24.8 Å². The standard InChI is InChI=1S/C21H20N2O2.C3H8.CH2O/c1-4-18-21-19(13(2)23-25-21)16-7-5-6-8-17(16)20(22-18)14-9-11-15(24-3)12-10-14;1-3-2;1-2/h5-12,18H,4H2,1-3H3;3H2,1-2H3;1H2/t18-;;/m0../s1. The van der Waals surface area contributed by atoms with Crippen molar-refractivity contribution >= 4 is 12.5 Å². The maximum Gasteiger partial charge on any atom is 0.169 e. The molecule has 0 saturated carbocycles. The van der Waals surface area contributed by atoms with Gasteiger partial charge in [0.25, 0.3) is 0 Å². The summed E-state index contributed by atoms with van der Waals surface area (Å²) < 4.78 is 11.0. The summed E-state index contributed by atoms with van der Waals surface area (Å²) in [5, 5.41) is 4.20. The normalized spacial score (nSPS) is 13.9. The quantitative estimate of drug-likeness (QED) is 0.520. The summed E-state index contributed by atoms with van der Waals surface area (Å²) in [4.78, 5) is 13.1. The van der Waals surface area contributed by atoms with Crippen molar-refractivity contribution in [1.82, 2.24) is 5.16 Å². The number of aryl methyl sites for hydroxylation is 1. The van der Waals surface area contributed by atoms with Crippen molar-refractivity contribution in [2.75, 3.05) is 7.11 Å². The van der Waals surface area contributed by atoms with E-state index < -0.39 is 0 Å². The van der Waals surface area contributed by atoms with Gasteiger partial charge >= 0.3 is 0 Å². The third-order valence-corrected chi connectivity index (χ3v) is 4.68. The van der Waals surface area contributed by atoms with E-state index in [0.29, 0.717) is 0 Å². The maximum absolute atomic E-state index is 8.00. The first-order chi connectivity index (χ1) is 14.6. The molecule has 4 rings (SSSR count). The number of methoxy groups -OCH3 is 1. The van der Waals surface area contributed by atoms with E-state index in [1.165, 1.54) is 6.42 Å². The molecule has 158 valence electrons. The molecule has 2 aromatic carbocycles. The molecule has 0 spiro atoms. The first-order valence-electron chi connectivity index (χ1n) is 10.2. The number of nitrogens with zero attached hydrogens (tertiary/aromatic N) is 2. The van der Waals surface area contributed by atoms with Crippen molar-refractivity contribution in [2.45, 2.75) is 46.6 Å². The molecule has 0 unspecified atom stereocenters. The lowest BCUT2D eigenvalue weighted by molar-refractivity contribution is -0.0979. The lowest BCUT2D eigenvalue weighted by Crippen LogP contribution is -2.06. The summed E-state index contributed by atoms with van der Waals surface area (Å²) in [7, 11) is 1.68. The fourth-order valence-electron chi connectivity index (χ4n) is 3.39. The van der Waals surface area contributed by atoms with Gasteiger partial charge < -0.3 is 14.1 Å². The average Bonchev–Trinajstić information content (AvgIpc) is 3.10. The van der Waals surface area contributed by atoms with Crippen LogP contribution in [-0.2, 0) is 4.79 Å². The van der Waals surface area contributed by atoms with E-state index in [2.05, 4.69) is 50.2 Å². The van der Waals surface area contributed by atoms with Gasteiger partial charge in [0.15, 0.2) is 5.76 Å². The smallest absolute Gasteiger partial charge is 0.169 e. The van der Waals surface area contributed by atoms with E-state index in [0.717, 1.165) is 51.6 Å². The molecule has 0 amide bonds. The topological polar surface area (TPSA) is 64.7 Å². The van der Waals surface area contributed by atoms with Crippen molar-refractivity contribution in [3.63, 3.8) is 0 Å². The minimum absolute atomic E-state index is 0.0410. The molecule has 2 heterocycles. The van der Waals surface area contributed by atoms with Gasteiger partial charge in [-0.3, -0.25) is 4.99 Å². The van der Waals surface area contributed by atoms with Crippen LogP contribution in [0, 0.1) is 6.92 Å². The second kappa shape index (κ2) is 11.1. The second-order valence-corrected chi connectivity index (χ2v) is 6.89. The number of ether oxygens (including phenoxy) is 1. The van der Waals surface area contributed by atoms with Crippen LogP contribution in [0.4, 0.5) is 0 Å². The first-order valence-corrected chi connectivity index (χ1v) is 10.2. The lowest BCUT2D eigenvalue weighted by Gasteiger charge is -2.11. The Kier molecular flexibility index (Phi) is 8.54.